The van der Waals surface area contributed by atoms with E-state index in [4.69, 9.17) is 9.47 Å². The summed E-state index contributed by atoms with van der Waals surface area (Å²) in [7, 11) is 3.25. The average Bonchev–Trinajstić information content (AvgIpc) is 3.41. The van der Waals surface area contributed by atoms with Gasteiger partial charge in [0.1, 0.15) is 6.54 Å². The fourth-order valence-electron chi connectivity index (χ4n) is 5.20. The largest absolute Gasteiger partial charge is 0.493 e. The lowest BCUT2D eigenvalue weighted by Gasteiger charge is -2.35. The first-order valence-electron chi connectivity index (χ1n) is 14.0. The number of benzene rings is 2. The van der Waals surface area contributed by atoms with E-state index in [1.807, 2.05) is 64.4 Å². The smallest absolute Gasteiger partial charge is 0.247 e. The van der Waals surface area contributed by atoms with Crippen molar-refractivity contribution < 1.29 is 19.1 Å². The number of hydrogen-bond acceptors (Lipinski definition) is 5. The van der Waals surface area contributed by atoms with E-state index >= 15 is 0 Å². The van der Waals surface area contributed by atoms with E-state index in [1.54, 1.807) is 31.6 Å². The first kappa shape index (κ1) is 29.4. The number of methoxy groups -OCH3 is 2. The Balaban J connectivity index is 1.52. The summed E-state index contributed by atoms with van der Waals surface area (Å²) in [4.78, 5) is 33.4. The lowest BCUT2D eigenvalue weighted by Crippen LogP contribution is -2.47. The van der Waals surface area contributed by atoms with E-state index in [9.17, 15) is 9.59 Å². The first-order chi connectivity index (χ1) is 19.5. The van der Waals surface area contributed by atoms with Crippen molar-refractivity contribution in [3.63, 3.8) is 0 Å². The van der Waals surface area contributed by atoms with Gasteiger partial charge in [-0.1, -0.05) is 55.7 Å². The number of aryl methyl sites for hydroxylation is 1. The predicted octanol–water partition coefficient (Wildman–Crippen LogP) is 6.52. The van der Waals surface area contributed by atoms with Crippen LogP contribution < -0.4 is 9.47 Å². The van der Waals surface area contributed by atoms with Crippen molar-refractivity contribution in [2.75, 3.05) is 27.3 Å². The molecule has 0 atom stereocenters. The van der Waals surface area contributed by atoms with Crippen LogP contribution in [0.25, 0.3) is 6.08 Å². The highest BCUT2D eigenvalue weighted by molar-refractivity contribution is 7.11. The van der Waals surface area contributed by atoms with Crippen molar-refractivity contribution in [1.29, 1.82) is 0 Å². The van der Waals surface area contributed by atoms with Crippen LogP contribution in [0.2, 0.25) is 0 Å². The van der Waals surface area contributed by atoms with Gasteiger partial charge in [0.15, 0.2) is 11.5 Å². The predicted molar refractivity (Wildman–Crippen MR) is 162 cm³/mol. The number of carbonyl (C=O) groups excluding carboxylic acids is 2. The van der Waals surface area contributed by atoms with Crippen molar-refractivity contribution in [1.82, 2.24) is 9.80 Å². The van der Waals surface area contributed by atoms with Gasteiger partial charge < -0.3 is 19.3 Å². The van der Waals surface area contributed by atoms with Crippen molar-refractivity contribution >= 4 is 29.2 Å². The van der Waals surface area contributed by atoms with Crippen LogP contribution in [0.1, 0.15) is 53.0 Å². The molecule has 40 heavy (non-hydrogen) atoms. The summed E-state index contributed by atoms with van der Waals surface area (Å²) in [6.45, 7) is 3.22. The molecule has 0 saturated heterocycles. The Kier molecular flexibility index (Phi) is 10.8. The number of nitrogens with zero attached hydrogens (tertiary/aromatic N) is 2. The maximum Gasteiger partial charge on any atom is 0.247 e. The van der Waals surface area contributed by atoms with Gasteiger partial charge in [0, 0.05) is 28.4 Å². The van der Waals surface area contributed by atoms with Crippen LogP contribution in [-0.4, -0.2) is 55.0 Å². The Morgan fingerprint density at radius 2 is 1.70 bits per heavy atom. The van der Waals surface area contributed by atoms with Crippen LogP contribution in [0.3, 0.4) is 0 Å². The second-order valence-corrected chi connectivity index (χ2v) is 11.6. The van der Waals surface area contributed by atoms with Crippen molar-refractivity contribution in [2.24, 2.45) is 0 Å². The lowest BCUT2D eigenvalue weighted by molar-refractivity contribution is -0.140. The molecule has 3 aromatic rings. The summed E-state index contributed by atoms with van der Waals surface area (Å²) in [6.07, 6.45) is 9.36. The third-order valence-corrected chi connectivity index (χ3v) is 8.42. The zero-order valence-corrected chi connectivity index (χ0v) is 24.6. The fraction of sp³-hybridized carbons (Fsp3) is 0.394. The van der Waals surface area contributed by atoms with Gasteiger partial charge in [-0.3, -0.25) is 9.59 Å². The molecule has 1 fully saturated rings. The molecule has 0 spiro atoms. The molecule has 0 radical (unpaired) electrons. The van der Waals surface area contributed by atoms with Crippen LogP contribution in [0, 0.1) is 6.92 Å². The molecule has 6 nitrogen and oxygen atoms in total. The molecule has 2 aromatic carbocycles. The number of thiophene rings is 1. The SMILES string of the molecule is COc1ccc(CCN(Cc2ccc(C)s2)C(=O)CN(C(=O)C=Cc2ccccc2)C2CCCCC2)cc1OC. The van der Waals surface area contributed by atoms with Crippen LogP contribution in [0.5, 0.6) is 11.5 Å². The van der Waals surface area contributed by atoms with Gasteiger partial charge in [0.05, 0.1) is 20.8 Å². The summed E-state index contributed by atoms with van der Waals surface area (Å²) < 4.78 is 10.9. The van der Waals surface area contributed by atoms with Crippen LogP contribution in [0.15, 0.2) is 66.7 Å². The van der Waals surface area contributed by atoms with Crippen molar-refractivity contribution in [3.05, 3.63) is 87.6 Å². The fourth-order valence-corrected chi connectivity index (χ4v) is 6.11. The molecule has 2 amide bonds. The quantitative estimate of drug-likeness (QED) is 0.237. The minimum absolute atomic E-state index is 0.0291. The lowest BCUT2D eigenvalue weighted by atomic mass is 9.94. The average molecular weight is 561 g/mol. The third kappa shape index (κ3) is 8.21. The van der Waals surface area contributed by atoms with Crippen LogP contribution in [-0.2, 0) is 22.6 Å². The number of amides is 2. The van der Waals surface area contributed by atoms with Gasteiger partial charge in [0.25, 0.3) is 0 Å². The van der Waals surface area contributed by atoms with E-state index in [0.29, 0.717) is 31.0 Å². The van der Waals surface area contributed by atoms with E-state index in [-0.39, 0.29) is 24.4 Å². The van der Waals surface area contributed by atoms with Crippen molar-refractivity contribution in [2.45, 2.75) is 58.0 Å². The summed E-state index contributed by atoms with van der Waals surface area (Å²) in [5.41, 5.74) is 2.03. The Labute approximate surface area is 242 Å². The molecule has 7 heteroatoms. The van der Waals surface area contributed by atoms with Gasteiger partial charge in [-0.05, 0) is 67.7 Å². The molecule has 1 aliphatic rings. The molecule has 0 unspecified atom stereocenters. The molecular weight excluding hydrogens is 520 g/mol. The van der Waals surface area contributed by atoms with E-state index in [2.05, 4.69) is 19.1 Å². The maximum absolute atomic E-state index is 13.9. The molecule has 4 rings (SSSR count). The molecule has 1 aromatic heterocycles. The molecule has 0 bridgehead atoms. The highest BCUT2D eigenvalue weighted by atomic mass is 32.1. The topological polar surface area (TPSA) is 59.1 Å². The molecule has 1 saturated carbocycles. The summed E-state index contributed by atoms with van der Waals surface area (Å²) in [5.74, 6) is 1.22. The minimum atomic E-state index is -0.101. The molecule has 1 aliphatic carbocycles. The number of carbonyl (C=O) groups is 2. The Morgan fingerprint density at radius 1 is 0.950 bits per heavy atom. The van der Waals surface area contributed by atoms with Crippen LogP contribution in [0.4, 0.5) is 0 Å². The maximum atomic E-state index is 13.9. The normalized spacial score (nSPS) is 13.8. The summed E-state index contributed by atoms with van der Waals surface area (Å²) >= 11 is 1.70. The monoisotopic (exact) mass is 560 g/mol. The van der Waals surface area contributed by atoms with Gasteiger partial charge in [-0.15, -0.1) is 11.3 Å². The second kappa shape index (κ2) is 14.7. The Morgan fingerprint density at radius 3 is 2.38 bits per heavy atom. The molecular formula is C33H40N2O4S. The number of ether oxygens (including phenoxy) is 2. The van der Waals surface area contributed by atoms with Crippen molar-refractivity contribution in [3.8, 4) is 11.5 Å². The molecule has 212 valence electrons. The summed E-state index contributed by atoms with van der Waals surface area (Å²) in [6, 6.07) is 19.9. The van der Waals surface area contributed by atoms with E-state index in [1.165, 1.54) is 11.3 Å². The Bertz CT molecular complexity index is 1280. The second-order valence-electron chi connectivity index (χ2n) is 10.3. The number of rotatable bonds is 12. The number of hydrogen-bond donors (Lipinski definition) is 0. The zero-order chi connectivity index (χ0) is 28.3. The standard InChI is InChI=1S/C33H40N2O4S/c1-25-14-17-29(40-25)23-34(21-20-27-15-18-30(38-2)31(22-27)39-3)33(37)24-35(28-12-8-5-9-13-28)32(36)19-16-26-10-6-4-7-11-26/h4,6-7,10-11,14-19,22,28H,5,8-9,12-13,20-21,23-24H2,1-3H3. The first-order valence-corrected chi connectivity index (χ1v) is 14.9. The van der Waals surface area contributed by atoms with Gasteiger partial charge >= 0.3 is 0 Å². The van der Waals surface area contributed by atoms with Gasteiger partial charge in [-0.2, -0.15) is 0 Å². The molecule has 0 N–H and O–H groups in total. The van der Waals surface area contributed by atoms with E-state index < -0.39 is 0 Å². The minimum Gasteiger partial charge on any atom is -0.493 e. The highest BCUT2D eigenvalue weighted by Crippen LogP contribution is 2.28. The third-order valence-electron chi connectivity index (χ3n) is 7.44. The molecule has 1 heterocycles. The van der Waals surface area contributed by atoms with Gasteiger partial charge in [-0.25, -0.2) is 0 Å². The van der Waals surface area contributed by atoms with E-state index in [0.717, 1.165) is 41.7 Å². The zero-order valence-electron chi connectivity index (χ0n) is 23.8. The highest BCUT2D eigenvalue weighted by Gasteiger charge is 2.28. The Hall–Kier alpha value is -3.58. The van der Waals surface area contributed by atoms with Gasteiger partial charge in [0.2, 0.25) is 11.8 Å². The summed E-state index contributed by atoms with van der Waals surface area (Å²) in [5, 5.41) is 0. The van der Waals surface area contributed by atoms with Crippen LogP contribution >= 0.6 is 11.3 Å². The molecule has 0 aliphatic heterocycles.